The minimum absolute atomic E-state index is 0.300. The molecule has 1 heterocycles. The zero-order valence-corrected chi connectivity index (χ0v) is 13.5. The Hall–Kier alpha value is -2.17. The van der Waals surface area contributed by atoms with Crippen molar-refractivity contribution in [1.29, 1.82) is 0 Å². The molecule has 0 N–H and O–H groups in total. The van der Waals surface area contributed by atoms with Gasteiger partial charge >= 0.3 is 0 Å². The van der Waals surface area contributed by atoms with Crippen LogP contribution in [0.25, 0.3) is 10.8 Å². The first kappa shape index (κ1) is 14.4. The van der Waals surface area contributed by atoms with Gasteiger partial charge in [0.05, 0.1) is 4.90 Å². The quantitative estimate of drug-likeness (QED) is 0.687. The van der Waals surface area contributed by atoms with Crippen molar-refractivity contribution in [3.63, 3.8) is 0 Å². The first-order valence-corrected chi connectivity index (χ1v) is 9.03. The Balaban J connectivity index is 1.80. The van der Waals surface area contributed by atoms with Crippen molar-refractivity contribution < 1.29 is 13.2 Å². The Morgan fingerprint density at radius 1 is 0.870 bits per heavy atom. The van der Waals surface area contributed by atoms with E-state index in [9.17, 15) is 8.42 Å². The highest BCUT2D eigenvalue weighted by atomic mass is 32.2. The predicted octanol–water partition coefficient (Wildman–Crippen LogP) is 3.89. The molecule has 0 unspecified atom stereocenters. The van der Waals surface area contributed by atoms with E-state index in [1.165, 1.54) is 0 Å². The zero-order valence-electron chi connectivity index (χ0n) is 12.6. The second kappa shape index (κ2) is 4.91. The molecule has 116 valence electrons. The molecule has 0 amide bonds. The summed E-state index contributed by atoms with van der Waals surface area (Å²) >= 11 is 0. The molecule has 1 aliphatic rings. The van der Waals surface area contributed by atoms with Crippen molar-refractivity contribution in [3.8, 4) is 0 Å². The van der Waals surface area contributed by atoms with Crippen molar-refractivity contribution in [2.45, 2.75) is 22.9 Å². The zero-order chi connectivity index (χ0) is 16.1. The molecule has 1 saturated heterocycles. The van der Waals surface area contributed by atoms with Gasteiger partial charge in [-0.3, -0.25) is 0 Å². The van der Waals surface area contributed by atoms with E-state index in [0.717, 1.165) is 16.3 Å². The van der Waals surface area contributed by atoms with E-state index in [-0.39, 0.29) is 0 Å². The molecule has 0 saturated carbocycles. The number of sulfone groups is 1. The number of hydrogen-bond donors (Lipinski definition) is 0. The molecular weight excluding hydrogens is 308 g/mol. The summed E-state index contributed by atoms with van der Waals surface area (Å²) < 4.78 is 31.3. The first-order chi connectivity index (χ1) is 11.0. The number of rotatable bonds is 3. The minimum atomic E-state index is -3.51. The normalized spacial score (nSPS) is 23.8. The van der Waals surface area contributed by atoms with Crippen LogP contribution in [0.4, 0.5) is 0 Å². The monoisotopic (exact) mass is 324 g/mol. The summed E-state index contributed by atoms with van der Waals surface area (Å²) in [6.07, 6.45) is 0. The summed E-state index contributed by atoms with van der Waals surface area (Å²) in [5.41, 5.74) is -0.737. The number of ether oxygens (including phenoxy) is 1. The maximum atomic E-state index is 12.8. The third-order valence-corrected chi connectivity index (χ3v) is 6.46. The van der Waals surface area contributed by atoms with E-state index in [2.05, 4.69) is 0 Å². The fraction of sp³-hybridized carbons (Fsp3) is 0.158. The maximum Gasteiger partial charge on any atom is 0.208 e. The number of fused-ring (bicyclic) bond motifs is 1. The maximum absolute atomic E-state index is 12.8. The van der Waals surface area contributed by atoms with Crippen LogP contribution < -0.4 is 0 Å². The van der Waals surface area contributed by atoms with Gasteiger partial charge in [0.1, 0.15) is 5.60 Å². The summed E-state index contributed by atoms with van der Waals surface area (Å²) in [5, 5.41) is 2.11. The van der Waals surface area contributed by atoms with E-state index in [1.54, 1.807) is 30.3 Å². The number of hydrogen-bond acceptors (Lipinski definition) is 3. The molecule has 2 atom stereocenters. The van der Waals surface area contributed by atoms with E-state index in [0.29, 0.717) is 4.90 Å². The fourth-order valence-electron chi connectivity index (χ4n) is 3.13. The molecule has 1 aliphatic heterocycles. The number of benzene rings is 3. The molecule has 0 aromatic heterocycles. The van der Waals surface area contributed by atoms with Crippen LogP contribution in [-0.4, -0.2) is 13.9 Å². The Morgan fingerprint density at radius 2 is 1.52 bits per heavy atom. The van der Waals surface area contributed by atoms with Crippen molar-refractivity contribution in [1.82, 2.24) is 0 Å². The van der Waals surface area contributed by atoms with Gasteiger partial charge in [0, 0.05) is 0 Å². The molecule has 0 spiro atoms. The van der Waals surface area contributed by atoms with Crippen LogP contribution in [-0.2, 0) is 20.2 Å². The highest BCUT2D eigenvalue weighted by Crippen LogP contribution is 2.52. The molecule has 3 nitrogen and oxygen atoms in total. The second-order valence-electron chi connectivity index (χ2n) is 5.94. The molecule has 4 heteroatoms. The third kappa shape index (κ3) is 2.18. The summed E-state index contributed by atoms with van der Waals surface area (Å²) in [6.45, 7) is 1.85. The van der Waals surface area contributed by atoms with Crippen molar-refractivity contribution >= 4 is 20.6 Å². The van der Waals surface area contributed by atoms with Crippen LogP contribution in [0, 0.1) is 0 Å². The van der Waals surface area contributed by atoms with Gasteiger partial charge in [-0.1, -0.05) is 60.7 Å². The third-order valence-electron chi connectivity index (χ3n) is 4.42. The smallest absolute Gasteiger partial charge is 0.208 e. The second-order valence-corrected chi connectivity index (χ2v) is 7.93. The summed E-state index contributed by atoms with van der Waals surface area (Å²) in [6, 6.07) is 22.3. The largest absolute Gasteiger partial charge is 0.344 e. The van der Waals surface area contributed by atoms with Crippen LogP contribution in [0.1, 0.15) is 12.5 Å². The first-order valence-electron chi connectivity index (χ1n) is 7.48. The van der Waals surface area contributed by atoms with Crippen LogP contribution in [0.3, 0.4) is 0 Å². The Morgan fingerprint density at radius 3 is 2.30 bits per heavy atom. The Labute approximate surface area is 135 Å². The Kier molecular flexibility index (Phi) is 3.08. The topological polar surface area (TPSA) is 46.7 Å². The van der Waals surface area contributed by atoms with Gasteiger partial charge in [0.15, 0.2) is 5.44 Å². The summed E-state index contributed by atoms with van der Waals surface area (Å²) in [7, 11) is -3.51. The summed E-state index contributed by atoms with van der Waals surface area (Å²) in [5.74, 6) is 0. The highest BCUT2D eigenvalue weighted by Gasteiger charge is 2.62. The van der Waals surface area contributed by atoms with Crippen LogP contribution in [0.2, 0.25) is 0 Å². The van der Waals surface area contributed by atoms with Crippen molar-refractivity contribution in [2.75, 3.05) is 0 Å². The highest BCUT2D eigenvalue weighted by molar-refractivity contribution is 7.92. The molecular formula is C19H16O3S. The van der Waals surface area contributed by atoms with Gasteiger partial charge in [-0.2, -0.15) is 0 Å². The van der Waals surface area contributed by atoms with Gasteiger partial charge < -0.3 is 4.74 Å². The SMILES string of the molecule is C[C@@]1(c2cccc3ccccc23)O[C@H]1S(=O)(=O)c1ccccc1. The van der Waals surface area contributed by atoms with E-state index in [1.807, 2.05) is 49.4 Å². The lowest BCUT2D eigenvalue weighted by Gasteiger charge is -2.11. The van der Waals surface area contributed by atoms with E-state index < -0.39 is 20.9 Å². The van der Waals surface area contributed by atoms with Crippen LogP contribution in [0.5, 0.6) is 0 Å². The van der Waals surface area contributed by atoms with E-state index >= 15 is 0 Å². The van der Waals surface area contributed by atoms with Gasteiger partial charge in [-0.15, -0.1) is 0 Å². The minimum Gasteiger partial charge on any atom is -0.344 e. The summed E-state index contributed by atoms with van der Waals surface area (Å²) in [4.78, 5) is 0.300. The molecule has 23 heavy (non-hydrogen) atoms. The predicted molar refractivity (Wildman–Crippen MR) is 89.8 cm³/mol. The lowest BCUT2D eigenvalue weighted by atomic mass is 9.95. The lowest BCUT2D eigenvalue weighted by molar-refractivity contribution is 0.325. The number of epoxide rings is 1. The fourth-order valence-corrected chi connectivity index (χ4v) is 4.96. The molecule has 0 aliphatic carbocycles. The van der Waals surface area contributed by atoms with Crippen molar-refractivity contribution in [3.05, 3.63) is 78.4 Å². The van der Waals surface area contributed by atoms with Crippen LogP contribution in [0.15, 0.2) is 77.7 Å². The Bertz CT molecular complexity index is 974. The van der Waals surface area contributed by atoms with Gasteiger partial charge in [0.25, 0.3) is 0 Å². The van der Waals surface area contributed by atoms with Gasteiger partial charge in [-0.25, -0.2) is 8.42 Å². The molecule has 4 rings (SSSR count). The van der Waals surface area contributed by atoms with Gasteiger partial charge in [0.2, 0.25) is 9.84 Å². The van der Waals surface area contributed by atoms with E-state index in [4.69, 9.17) is 4.74 Å². The standard InChI is InChI=1S/C19H16O3S/c1-19(17-13-7-9-14-8-5-6-12-16(14)17)18(22-19)23(20,21)15-10-3-2-4-11-15/h2-13,18H,1H3/t18-,19-/m0/s1. The molecule has 0 bridgehead atoms. The van der Waals surface area contributed by atoms with Crippen molar-refractivity contribution in [2.24, 2.45) is 0 Å². The molecule has 3 aromatic carbocycles. The average molecular weight is 324 g/mol. The molecule has 1 fully saturated rings. The average Bonchev–Trinajstić information content (AvgIpc) is 3.29. The molecule has 0 radical (unpaired) electrons. The molecule has 3 aromatic rings. The lowest BCUT2D eigenvalue weighted by Crippen LogP contribution is -2.17. The van der Waals surface area contributed by atoms with Crippen LogP contribution >= 0.6 is 0 Å². The van der Waals surface area contributed by atoms with Gasteiger partial charge in [-0.05, 0) is 35.4 Å².